The molecular weight excluding hydrogens is 276 g/mol. The summed E-state index contributed by atoms with van der Waals surface area (Å²) in [5.74, 6) is -1.09. The molecule has 0 radical (unpaired) electrons. The van der Waals surface area contributed by atoms with E-state index in [1.165, 1.54) is 6.92 Å². The summed E-state index contributed by atoms with van der Waals surface area (Å²) < 4.78 is 17.4. The normalized spacial score (nSPS) is 13.7. The Kier molecular flexibility index (Phi) is 5.39. The van der Waals surface area contributed by atoms with Crippen molar-refractivity contribution in [2.75, 3.05) is 0 Å². The van der Waals surface area contributed by atoms with Gasteiger partial charge in [0.25, 0.3) is 0 Å². The Hall–Kier alpha value is -1.75. The molecule has 4 nitrogen and oxygen atoms in total. The van der Waals surface area contributed by atoms with Crippen molar-refractivity contribution in [3.63, 3.8) is 0 Å². The number of ether oxygens (including phenoxy) is 1. The van der Waals surface area contributed by atoms with E-state index >= 15 is 0 Å². The minimum atomic E-state index is -1.69. The lowest BCUT2D eigenvalue weighted by Gasteiger charge is -2.18. The predicted molar refractivity (Wildman–Crippen MR) is 77.5 cm³/mol. The van der Waals surface area contributed by atoms with Gasteiger partial charge in [0.1, 0.15) is 5.60 Å². The summed E-state index contributed by atoms with van der Waals surface area (Å²) in [7, 11) is -1.69. The van der Waals surface area contributed by atoms with Crippen molar-refractivity contribution in [2.45, 2.75) is 38.2 Å². The van der Waals surface area contributed by atoms with Crippen LogP contribution in [0.15, 0.2) is 46.2 Å². The third kappa shape index (κ3) is 5.09. The van der Waals surface area contributed by atoms with Crippen LogP contribution in [-0.4, -0.2) is 21.6 Å². The largest absolute Gasteiger partial charge is 0.457 e. The van der Waals surface area contributed by atoms with Gasteiger partial charge in [0.15, 0.2) is 5.78 Å². The minimum absolute atomic E-state index is 0.0644. The van der Waals surface area contributed by atoms with Crippen LogP contribution in [0.1, 0.15) is 27.7 Å². The second kappa shape index (κ2) is 6.61. The molecule has 5 heteroatoms. The first-order valence-corrected chi connectivity index (χ1v) is 7.28. The molecule has 0 aliphatic rings. The Balaban J connectivity index is 3.04. The molecule has 0 spiro atoms. The fraction of sp³-hybridized carbons (Fsp3) is 0.333. The zero-order valence-corrected chi connectivity index (χ0v) is 12.8. The molecule has 0 N–H and O–H groups in total. The van der Waals surface area contributed by atoms with E-state index in [0.29, 0.717) is 4.90 Å². The third-order valence-corrected chi connectivity index (χ3v) is 3.66. The fourth-order valence-corrected chi connectivity index (χ4v) is 2.52. The topological polar surface area (TPSA) is 60.4 Å². The second-order valence-electron chi connectivity index (χ2n) is 5.18. The van der Waals surface area contributed by atoms with Gasteiger partial charge in [-0.3, -0.25) is 4.79 Å². The molecule has 0 saturated carbocycles. The maximum absolute atomic E-state index is 12.3. The van der Waals surface area contributed by atoms with Gasteiger partial charge in [-0.05, 0) is 39.8 Å². The van der Waals surface area contributed by atoms with E-state index < -0.39 is 28.2 Å². The number of Topliss-reactive ketones (excluding diaryl/α,β-unsaturated/α-hetero) is 1. The molecule has 0 fully saturated rings. The van der Waals surface area contributed by atoms with Crippen LogP contribution < -0.4 is 0 Å². The molecule has 1 aromatic rings. The number of benzene rings is 1. The molecule has 20 heavy (non-hydrogen) atoms. The molecule has 0 bridgehead atoms. The maximum Gasteiger partial charge on any atom is 0.332 e. The summed E-state index contributed by atoms with van der Waals surface area (Å²) in [5.41, 5.74) is -0.663. The zero-order chi connectivity index (χ0) is 15.3. The van der Waals surface area contributed by atoms with Gasteiger partial charge in [-0.15, -0.1) is 0 Å². The molecule has 1 atom stereocenters. The van der Waals surface area contributed by atoms with Gasteiger partial charge in [0.05, 0.1) is 15.7 Å². The predicted octanol–water partition coefficient (Wildman–Crippen LogP) is 2.61. The number of carbonyl (C=O) groups excluding carboxylic acids is 2. The summed E-state index contributed by atoms with van der Waals surface area (Å²) in [6.07, 6.45) is 1.01. The van der Waals surface area contributed by atoms with Gasteiger partial charge in [-0.25, -0.2) is 9.00 Å². The zero-order valence-electron chi connectivity index (χ0n) is 12.0. The van der Waals surface area contributed by atoms with Gasteiger partial charge in [-0.2, -0.15) is 0 Å². The van der Waals surface area contributed by atoms with Crippen LogP contribution in [0, 0.1) is 0 Å². The standard InChI is InChI=1S/C15H18O4S/c1-11(16)13(10-14(17)19-15(2,3)4)20(18)12-8-6-5-7-9-12/h5-10H,1-4H3/b13-10+. The molecule has 0 heterocycles. The van der Waals surface area contributed by atoms with E-state index in [1.807, 2.05) is 0 Å². The quantitative estimate of drug-likeness (QED) is 0.632. The van der Waals surface area contributed by atoms with Crippen molar-refractivity contribution in [3.8, 4) is 0 Å². The van der Waals surface area contributed by atoms with Gasteiger partial charge >= 0.3 is 5.97 Å². The Labute approximate surface area is 121 Å². The first kappa shape index (κ1) is 16.3. The Morgan fingerprint density at radius 3 is 2.15 bits per heavy atom. The second-order valence-corrected chi connectivity index (χ2v) is 6.63. The number of esters is 1. The molecule has 0 saturated heterocycles. The third-order valence-electron chi connectivity index (χ3n) is 2.16. The molecule has 1 unspecified atom stereocenters. The molecule has 0 aromatic heterocycles. The highest BCUT2D eigenvalue weighted by molar-refractivity contribution is 7.90. The number of rotatable bonds is 4. The molecule has 0 aliphatic heterocycles. The van der Waals surface area contributed by atoms with E-state index in [9.17, 15) is 13.8 Å². The fourth-order valence-electron chi connectivity index (χ4n) is 1.40. The van der Waals surface area contributed by atoms with Gasteiger partial charge in [0, 0.05) is 11.0 Å². The van der Waals surface area contributed by atoms with Crippen LogP contribution in [0.4, 0.5) is 0 Å². The number of hydrogen-bond donors (Lipinski definition) is 0. The molecule has 0 aliphatic carbocycles. The first-order valence-electron chi connectivity index (χ1n) is 6.13. The smallest absolute Gasteiger partial charge is 0.332 e. The van der Waals surface area contributed by atoms with Gasteiger partial charge < -0.3 is 4.74 Å². The Bertz CT molecular complexity index is 553. The van der Waals surface area contributed by atoms with Crippen molar-refractivity contribution in [3.05, 3.63) is 41.3 Å². The summed E-state index contributed by atoms with van der Waals surface area (Å²) in [4.78, 5) is 23.7. The highest BCUT2D eigenvalue weighted by atomic mass is 32.2. The van der Waals surface area contributed by atoms with Crippen LogP contribution in [0.25, 0.3) is 0 Å². The molecule has 108 valence electrons. The van der Waals surface area contributed by atoms with Crippen LogP contribution >= 0.6 is 0 Å². The van der Waals surface area contributed by atoms with E-state index in [2.05, 4.69) is 0 Å². The van der Waals surface area contributed by atoms with Gasteiger partial charge in [0.2, 0.25) is 0 Å². The van der Waals surface area contributed by atoms with Crippen molar-refractivity contribution in [2.24, 2.45) is 0 Å². The Morgan fingerprint density at radius 1 is 1.15 bits per heavy atom. The summed E-state index contributed by atoms with van der Waals surface area (Å²) in [5, 5.41) is 0. The summed E-state index contributed by atoms with van der Waals surface area (Å²) in [6.45, 7) is 6.44. The summed E-state index contributed by atoms with van der Waals surface area (Å²) in [6, 6.07) is 8.51. The SMILES string of the molecule is CC(=O)/C(=C\C(=O)OC(C)(C)C)S(=O)c1ccccc1. The lowest BCUT2D eigenvalue weighted by Crippen LogP contribution is -2.23. The number of carbonyl (C=O) groups is 2. The maximum atomic E-state index is 12.3. The van der Waals surface area contributed by atoms with Crippen LogP contribution in [0.5, 0.6) is 0 Å². The average molecular weight is 294 g/mol. The van der Waals surface area contributed by atoms with E-state index in [0.717, 1.165) is 6.08 Å². The molecule has 1 rings (SSSR count). The van der Waals surface area contributed by atoms with Crippen molar-refractivity contribution in [1.82, 2.24) is 0 Å². The molecule has 0 amide bonds. The first-order chi connectivity index (χ1) is 9.20. The number of hydrogen-bond acceptors (Lipinski definition) is 4. The van der Waals surface area contributed by atoms with Crippen LogP contribution in [0.3, 0.4) is 0 Å². The van der Waals surface area contributed by atoms with E-state index in [-0.39, 0.29) is 4.91 Å². The number of ketones is 1. The molecular formula is C15H18O4S. The van der Waals surface area contributed by atoms with Crippen molar-refractivity contribution >= 4 is 22.6 Å². The average Bonchev–Trinajstić information content (AvgIpc) is 2.34. The lowest BCUT2D eigenvalue weighted by molar-refractivity contribution is -0.148. The van der Waals surface area contributed by atoms with E-state index in [4.69, 9.17) is 4.74 Å². The number of allylic oxidation sites excluding steroid dienone is 1. The monoisotopic (exact) mass is 294 g/mol. The Morgan fingerprint density at radius 2 is 1.70 bits per heavy atom. The minimum Gasteiger partial charge on any atom is -0.457 e. The molecule has 1 aromatic carbocycles. The lowest BCUT2D eigenvalue weighted by atomic mass is 10.2. The van der Waals surface area contributed by atoms with Crippen molar-refractivity contribution in [1.29, 1.82) is 0 Å². The highest BCUT2D eigenvalue weighted by Crippen LogP contribution is 2.16. The van der Waals surface area contributed by atoms with Crippen LogP contribution in [0.2, 0.25) is 0 Å². The van der Waals surface area contributed by atoms with Crippen molar-refractivity contribution < 1.29 is 18.5 Å². The van der Waals surface area contributed by atoms with Gasteiger partial charge in [-0.1, -0.05) is 18.2 Å². The van der Waals surface area contributed by atoms with E-state index in [1.54, 1.807) is 51.1 Å². The highest BCUT2D eigenvalue weighted by Gasteiger charge is 2.20. The summed E-state index contributed by atoms with van der Waals surface area (Å²) >= 11 is 0. The van der Waals surface area contributed by atoms with Crippen LogP contribution in [-0.2, 0) is 25.1 Å².